The second kappa shape index (κ2) is 5.77. The van der Waals surface area contributed by atoms with Crippen LogP contribution < -0.4 is 5.32 Å². The van der Waals surface area contributed by atoms with Gasteiger partial charge in [0.25, 0.3) is 0 Å². The van der Waals surface area contributed by atoms with Crippen LogP contribution in [-0.2, 0) is 9.84 Å². The van der Waals surface area contributed by atoms with Gasteiger partial charge in [0, 0.05) is 17.6 Å². The van der Waals surface area contributed by atoms with Crippen LogP contribution in [0.5, 0.6) is 0 Å². The summed E-state index contributed by atoms with van der Waals surface area (Å²) in [6, 6.07) is 4.58. The second-order valence-electron chi connectivity index (χ2n) is 4.87. The van der Waals surface area contributed by atoms with Crippen molar-refractivity contribution in [1.82, 2.24) is 5.32 Å². The van der Waals surface area contributed by atoms with Crippen molar-refractivity contribution in [2.24, 2.45) is 0 Å². The highest BCUT2D eigenvalue weighted by molar-refractivity contribution is 7.91. The van der Waals surface area contributed by atoms with Crippen molar-refractivity contribution in [3.8, 4) is 0 Å². The molecule has 1 aliphatic rings. The first-order valence-corrected chi connectivity index (χ1v) is 8.53. The molecule has 1 saturated heterocycles. The van der Waals surface area contributed by atoms with Gasteiger partial charge < -0.3 is 5.32 Å². The molecule has 0 spiro atoms. The Morgan fingerprint density at radius 3 is 2.84 bits per heavy atom. The number of nitrogens with one attached hydrogen (secondary N) is 1. The Bertz CT molecular complexity index is 562. The lowest BCUT2D eigenvalue weighted by Gasteiger charge is -2.22. The number of rotatable bonds is 4. The summed E-state index contributed by atoms with van der Waals surface area (Å²) in [5, 5.41) is 3.32. The molecular formula is C13H17ClFNO2S. The second-order valence-corrected chi connectivity index (χ2v) is 7.51. The molecule has 1 aromatic rings. The smallest absolute Gasteiger partial charge is 0.151 e. The molecule has 1 aliphatic heterocycles. The van der Waals surface area contributed by atoms with Gasteiger partial charge in [-0.05, 0) is 18.9 Å². The lowest BCUT2D eigenvalue weighted by atomic mass is 10.0. The maximum Gasteiger partial charge on any atom is 0.151 e. The molecule has 0 aliphatic carbocycles. The molecule has 3 nitrogen and oxygen atoms in total. The van der Waals surface area contributed by atoms with Crippen molar-refractivity contribution in [2.75, 3.05) is 11.5 Å². The van der Waals surface area contributed by atoms with Crippen LogP contribution in [-0.4, -0.2) is 26.0 Å². The molecule has 1 fully saturated rings. The fourth-order valence-electron chi connectivity index (χ4n) is 2.43. The maximum absolute atomic E-state index is 14.0. The predicted octanol–water partition coefficient (Wildman–Crippen LogP) is 2.71. The standard InChI is InChI=1S/C13H17ClFNO2S/c1-2-12(10-4-3-5-11(14)13(10)15)16-9-6-7-19(17,18)8-9/h3-5,9,12,16H,2,6-8H2,1H3/t9-,12+/m0/s1. The first-order chi connectivity index (χ1) is 8.93. The van der Waals surface area contributed by atoms with E-state index in [2.05, 4.69) is 5.32 Å². The number of halogens is 2. The zero-order valence-electron chi connectivity index (χ0n) is 10.7. The quantitative estimate of drug-likeness (QED) is 0.930. The fourth-order valence-corrected chi connectivity index (χ4v) is 4.30. The van der Waals surface area contributed by atoms with Crippen molar-refractivity contribution in [3.05, 3.63) is 34.6 Å². The van der Waals surface area contributed by atoms with Crippen molar-refractivity contribution in [3.63, 3.8) is 0 Å². The van der Waals surface area contributed by atoms with Crippen molar-refractivity contribution < 1.29 is 12.8 Å². The Morgan fingerprint density at radius 2 is 2.26 bits per heavy atom. The Morgan fingerprint density at radius 1 is 1.53 bits per heavy atom. The zero-order chi connectivity index (χ0) is 14.0. The third kappa shape index (κ3) is 3.46. The van der Waals surface area contributed by atoms with E-state index in [0.29, 0.717) is 18.4 Å². The average molecular weight is 306 g/mol. The summed E-state index contributed by atoms with van der Waals surface area (Å²) < 4.78 is 36.8. The summed E-state index contributed by atoms with van der Waals surface area (Å²) >= 11 is 5.78. The number of benzene rings is 1. The van der Waals surface area contributed by atoms with Crippen molar-refractivity contribution in [1.29, 1.82) is 0 Å². The van der Waals surface area contributed by atoms with Gasteiger partial charge in [0.2, 0.25) is 0 Å². The predicted molar refractivity (Wildman–Crippen MR) is 74.6 cm³/mol. The van der Waals surface area contributed by atoms with Crippen LogP contribution in [0.2, 0.25) is 5.02 Å². The van der Waals surface area contributed by atoms with E-state index in [9.17, 15) is 12.8 Å². The minimum absolute atomic E-state index is 0.0943. The average Bonchev–Trinajstić information content (AvgIpc) is 2.70. The van der Waals surface area contributed by atoms with E-state index in [1.807, 2.05) is 6.92 Å². The normalized spacial score (nSPS) is 23.4. The van der Waals surface area contributed by atoms with Crippen LogP contribution in [0, 0.1) is 5.82 Å². The van der Waals surface area contributed by atoms with E-state index >= 15 is 0 Å². The van der Waals surface area contributed by atoms with Crippen LogP contribution in [0.4, 0.5) is 4.39 Å². The third-order valence-corrected chi connectivity index (χ3v) is 5.49. The number of hydrogen-bond donors (Lipinski definition) is 1. The summed E-state index contributed by atoms with van der Waals surface area (Å²) in [4.78, 5) is 0. The summed E-state index contributed by atoms with van der Waals surface area (Å²) in [5.74, 6) is -0.0884. The molecule has 6 heteroatoms. The van der Waals surface area contributed by atoms with E-state index < -0.39 is 15.7 Å². The van der Waals surface area contributed by atoms with Gasteiger partial charge in [0.05, 0.1) is 16.5 Å². The van der Waals surface area contributed by atoms with E-state index in [-0.39, 0.29) is 28.6 Å². The molecule has 2 rings (SSSR count). The molecule has 1 N–H and O–H groups in total. The first-order valence-electron chi connectivity index (χ1n) is 6.33. The van der Waals surface area contributed by atoms with Gasteiger partial charge in [-0.3, -0.25) is 0 Å². The zero-order valence-corrected chi connectivity index (χ0v) is 12.3. The molecule has 0 amide bonds. The Labute approximate surface area is 118 Å². The van der Waals surface area contributed by atoms with Crippen LogP contribution in [0.25, 0.3) is 0 Å². The molecule has 106 valence electrons. The Hall–Kier alpha value is -0.650. The van der Waals surface area contributed by atoms with Crippen LogP contribution in [0.15, 0.2) is 18.2 Å². The summed E-state index contributed by atoms with van der Waals surface area (Å²) in [7, 11) is -2.93. The largest absolute Gasteiger partial charge is 0.306 e. The highest BCUT2D eigenvalue weighted by atomic mass is 35.5. The van der Waals surface area contributed by atoms with Gasteiger partial charge in [-0.2, -0.15) is 0 Å². The van der Waals surface area contributed by atoms with Gasteiger partial charge in [-0.1, -0.05) is 30.7 Å². The molecule has 0 bridgehead atoms. The molecular weight excluding hydrogens is 289 g/mol. The Kier molecular flexibility index (Phi) is 4.48. The van der Waals surface area contributed by atoms with Gasteiger partial charge in [-0.15, -0.1) is 0 Å². The topological polar surface area (TPSA) is 46.2 Å². The summed E-state index contributed by atoms with van der Waals surface area (Å²) in [6.07, 6.45) is 1.26. The lowest BCUT2D eigenvalue weighted by molar-refractivity contribution is 0.434. The Balaban J connectivity index is 2.15. The van der Waals surface area contributed by atoms with Crippen molar-refractivity contribution >= 4 is 21.4 Å². The number of sulfone groups is 1. The van der Waals surface area contributed by atoms with E-state index in [1.165, 1.54) is 6.07 Å². The highest BCUT2D eigenvalue weighted by Crippen LogP contribution is 2.26. The first kappa shape index (κ1) is 14.8. The molecule has 0 unspecified atom stereocenters. The van der Waals surface area contributed by atoms with Crippen LogP contribution in [0.1, 0.15) is 31.4 Å². The van der Waals surface area contributed by atoms with Gasteiger partial charge in [0.15, 0.2) is 9.84 Å². The minimum Gasteiger partial charge on any atom is -0.306 e. The van der Waals surface area contributed by atoms with E-state index in [1.54, 1.807) is 12.1 Å². The van der Waals surface area contributed by atoms with Crippen molar-refractivity contribution in [2.45, 2.75) is 31.8 Å². The van der Waals surface area contributed by atoms with Crippen LogP contribution >= 0.6 is 11.6 Å². The molecule has 0 radical (unpaired) electrons. The third-order valence-electron chi connectivity index (χ3n) is 3.43. The van der Waals surface area contributed by atoms with Gasteiger partial charge in [0.1, 0.15) is 5.82 Å². The summed E-state index contributed by atoms with van der Waals surface area (Å²) in [5.41, 5.74) is 0.499. The minimum atomic E-state index is -2.93. The molecule has 0 saturated carbocycles. The SMILES string of the molecule is CC[C@@H](N[C@H]1CCS(=O)(=O)C1)c1cccc(Cl)c1F. The highest BCUT2D eigenvalue weighted by Gasteiger charge is 2.30. The number of hydrogen-bond acceptors (Lipinski definition) is 3. The van der Waals surface area contributed by atoms with Gasteiger partial charge >= 0.3 is 0 Å². The van der Waals surface area contributed by atoms with E-state index in [0.717, 1.165) is 0 Å². The van der Waals surface area contributed by atoms with Crippen LogP contribution in [0.3, 0.4) is 0 Å². The molecule has 19 heavy (non-hydrogen) atoms. The molecule has 0 aromatic heterocycles. The van der Waals surface area contributed by atoms with Gasteiger partial charge in [-0.25, -0.2) is 12.8 Å². The summed E-state index contributed by atoms with van der Waals surface area (Å²) in [6.45, 7) is 1.93. The van der Waals surface area contributed by atoms with E-state index in [4.69, 9.17) is 11.6 Å². The molecule has 1 heterocycles. The molecule has 2 atom stereocenters. The fraction of sp³-hybridized carbons (Fsp3) is 0.538. The monoisotopic (exact) mass is 305 g/mol. The lowest BCUT2D eigenvalue weighted by Crippen LogP contribution is -2.34. The molecule has 1 aromatic carbocycles. The maximum atomic E-state index is 14.0.